The summed E-state index contributed by atoms with van der Waals surface area (Å²) < 4.78 is 6.36. The average Bonchev–Trinajstić information content (AvgIpc) is 3.10. The Labute approximate surface area is 173 Å². The molecule has 2 amide bonds. The van der Waals surface area contributed by atoms with Gasteiger partial charge >= 0.3 is 5.97 Å². The molecule has 0 spiro atoms. The fourth-order valence-electron chi connectivity index (χ4n) is 2.76. The van der Waals surface area contributed by atoms with Crippen molar-refractivity contribution in [3.63, 3.8) is 0 Å². The molecular weight excluding hydrogens is 384 g/mol. The number of rotatable bonds is 7. The first kappa shape index (κ1) is 20.8. The number of anilines is 2. The number of benzene rings is 2. The van der Waals surface area contributed by atoms with Gasteiger partial charge in [-0.05, 0) is 36.8 Å². The Bertz CT molecular complexity index is 1040. The quantitative estimate of drug-likeness (QED) is 0.587. The van der Waals surface area contributed by atoms with Crippen LogP contribution in [0.1, 0.15) is 33.3 Å². The van der Waals surface area contributed by atoms with E-state index in [1.165, 1.54) is 10.7 Å². The third kappa shape index (κ3) is 5.32. The van der Waals surface area contributed by atoms with E-state index in [9.17, 15) is 14.4 Å². The average molecular weight is 406 g/mol. The highest BCUT2D eigenvalue weighted by molar-refractivity contribution is 6.04. The summed E-state index contributed by atoms with van der Waals surface area (Å²) in [6.07, 6.45) is 0.223. The van der Waals surface area contributed by atoms with Crippen LogP contribution in [0, 0.1) is 0 Å². The highest BCUT2D eigenvalue weighted by atomic mass is 16.5. The Morgan fingerprint density at radius 1 is 1.00 bits per heavy atom. The Morgan fingerprint density at radius 3 is 2.37 bits per heavy atom. The number of carbonyl (C=O) groups is 3. The molecule has 1 heterocycles. The predicted octanol–water partition coefficient (Wildman–Crippen LogP) is 3.03. The zero-order valence-corrected chi connectivity index (χ0v) is 16.7. The Kier molecular flexibility index (Phi) is 6.59. The lowest BCUT2D eigenvalue weighted by molar-refractivity contribution is -0.115. The number of nitrogens with one attached hydrogen (secondary N) is 2. The van der Waals surface area contributed by atoms with Gasteiger partial charge in [-0.15, -0.1) is 0 Å². The highest BCUT2D eigenvalue weighted by Gasteiger charge is 2.15. The van der Waals surface area contributed by atoms with Crippen LogP contribution in [-0.2, 0) is 23.0 Å². The largest absolute Gasteiger partial charge is 0.462 e. The Morgan fingerprint density at radius 2 is 1.70 bits per heavy atom. The monoisotopic (exact) mass is 406 g/mol. The lowest BCUT2D eigenvalue weighted by Gasteiger charge is -2.05. The van der Waals surface area contributed by atoms with E-state index in [1.54, 1.807) is 38.2 Å². The number of hydrogen-bond acceptors (Lipinski definition) is 5. The van der Waals surface area contributed by atoms with Crippen molar-refractivity contribution in [2.45, 2.75) is 13.3 Å². The van der Waals surface area contributed by atoms with Gasteiger partial charge in [-0.2, -0.15) is 5.10 Å². The summed E-state index contributed by atoms with van der Waals surface area (Å²) in [5.74, 6) is -0.640. The van der Waals surface area contributed by atoms with Gasteiger partial charge in [-0.1, -0.05) is 30.3 Å². The smallest absolute Gasteiger partial charge is 0.338 e. The topological polar surface area (TPSA) is 102 Å². The summed E-state index contributed by atoms with van der Waals surface area (Å²) in [4.78, 5) is 36.4. The van der Waals surface area contributed by atoms with Crippen LogP contribution in [0.2, 0.25) is 0 Å². The fraction of sp³-hybridized carbons (Fsp3) is 0.182. The second kappa shape index (κ2) is 9.51. The van der Waals surface area contributed by atoms with Gasteiger partial charge in [0.15, 0.2) is 5.69 Å². The summed E-state index contributed by atoms with van der Waals surface area (Å²) in [6, 6.07) is 17.2. The van der Waals surface area contributed by atoms with Crippen LogP contribution in [0.15, 0.2) is 60.7 Å². The zero-order chi connectivity index (χ0) is 21.5. The van der Waals surface area contributed by atoms with Crippen LogP contribution in [0.25, 0.3) is 0 Å². The molecule has 8 heteroatoms. The molecule has 0 saturated carbocycles. The first-order valence-electron chi connectivity index (χ1n) is 9.42. The number of amides is 2. The third-order valence-corrected chi connectivity index (χ3v) is 4.24. The maximum atomic E-state index is 12.5. The molecule has 8 nitrogen and oxygen atoms in total. The minimum Gasteiger partial charge on any atom is -0.462 e. The molecule has 0 fully saturated rings. The molecule has 0 bridgehead atoms. The Balaban J connectivity index is 1.62. The summed E-state index contributed by atoms with van der Waals surface area (Å²) in [5.41, 5.74) is 1.95. The molecule has 0 unspecified atom stereocenters. The lowest BCUT2D eigenvalue weighted by atomic mass is 10.1. The second-order valence-corrected chi connectivity index (χ2v) is 6.50. The maximum absolute atomic E-state index is 12.5. The van der Waals surface area contributed by atoms with Crippen molar-refractivity contribution in [2.24, 2.45) is 7.05 Å². The van der Waals surface area contributed by atoms with Gasteiger partial charge in [0.25, 0.3) is 5.91 Å². The van der Waals surface area contributed by atoms with Gasteiger partial charge in [-0.25, -0.2) is 4.79 Å². The molecule has 0 aliphatic rings. The van der Waals surface area contributed by atoms with E-state index in [0.717, 1.165) is 5.56 Å². The summed E-state index contributed by atoms with van der Waals surface area (Å²) in [5, 5.41) is 9.62. The van der Waals surface area contributed by atoms with Crippen molar-refractivity contribution in [1.29, 1.82) is 0 Å². The molecule has 3 aromatic rings. The maximum Gasteiger partial charge on any atom is 0.338 e. The van der Waals surface area contributed by atoms with Gasteiger partial charge in [0.1, 0.15) is 5.82 Å². The first-order chi connectivity index (χ1) is 14.5. The van der Waals surface area contributed by atoms with E-state index >= 15 is 0 Å². The molecule has 1 aromatic heterocycles. The van der Waals surface area contributed by atoms with Crippen molar-refractivity contribution >= 4 is 29.3 Å². The predicted molar refractivity (Wildman–Crippen MR) is 112 cm³/mol. The van der Waals surface area contributed by atoms with E-state index in [-0.39, 0.29) is 18.0 Å². The normalized spacial score (nSPS) is 10.3. The second-order valence-electron chi connectivity index (χ2n) is 6.50. The summed E-state index contributed by atoms with van der Waals surface area (Å²) in [6.45, 7) is 2.03. The van der Waals surface area contributed by atoms with Crippen LogP contribution in [0.3, 0.4) is 0 Å². The number of nitrogens with zero attached hydrogens (tertiary/aromatic N) is 2. The molecule has 2 N–H and O–H groups in total. The van der Waals surface area contributed by atoms with E-state index in [2.05, 4.69) is 15.7 Å². The van der Waals surface area contributed by atoms with E-state index in [1.807, 2.05) is 30.3 Å². The zero-order valence-electron chi connectivity index (χ0n) is 16.7. The SMILES string of the molecule is CCOC(=O)c1ccc(NC(=O)c2cc(NC(=O)Cc3ccccc3)n(C)n2)cc1. The van der Waals surface area contributed by atoms with E-state index < -0.39 is 11.9 Å². The number of aromatic nitrogens is 2. The highest BCUT2D eigenvalue weighted by Crippen LogP contribution is 2.15. The van der Waals surface area contributed by atoms with E-state index in [4.69, 9.17) is 4.74 Å². The summed E-state index contributed by atoms with van der Waals surface area (Å²) >= 11 is 0. The van der Waals surface area contributed by atoms with Crippen molar-refractivity contribution < 1.29 is 19.1 Å². The molecule has 2 aromatic carbocycles. The molecule has 30 heavy (non-hydrogen) atoms. The lowest BCUT2D eigenvalue weighted by Crippen LogP contribution is -2.16. The molecule has 0 saturated heterocycles. The van der Waals surface area contributed by atoms with Gasteiger partial charge in [0.2, 0.25) is 5.91 Å². The molecule has 0 radical (unpaired) electrons. The van der Waals surface area contributed by atoms with Crippen LogP contribution in [0.4, 0.5) is 11.5 Å². The standard InChI is InChI=1S/C22H22N4O4/c1-3-30-22(29)16-9-11-17(12-10-16)23-21(28)18-14-19(26(2)25-18)24-20(27)13-15-7-5-4-6-8-15/h4-12,14H,3,13H2,1-2H3,(H,23,28)(H,24,27). The molecule has 3 rings (SSSR count). The molecule has 154 valence electrons. The van der Waals surface area contributed by atoms with Crippen molar-refractivity contribution in [3.05, 3.63) is 77.5 Å². The van der Waals surface area contributed by atoms with Gasteiger partial charge in [0, 0.05) is 18.8 Å². The number of aryl methyl sites for hydroxylation is 1. The molecule has 0 aliphatic heterocycles. The van der Waals surface area contributed by atoms with Gasteiger partial charge < -0.3 is 15.4 Å². The van der Waals surface area contributed by atoms with Crippen LogP contribution >= 0.6 is 0 Å². The van der Waals surface area contributed by atoms with Crippen LogP contribution in [-0.4, -0.2) is 34.2 Å². The van der Waals surface area contributed by atoms with Crippen LogP contribution in [0.5, 0.6) is 0 Å². The molecule has 0 atom stereocenters. The van der Waals surface area contributed by atoms with Crippen molar-refractivity contribution in [3.8, 4) is 0 Å². The number of esters is 1. The van der Waals surface area contributed by atoms with Gasteiger partial charge in [-0.3, -0.25) is 14.3 Å². The Hall–Kier alpha value is -3.94. The third-order valence-electron chi connectivity index (χ3n) is 4.24. The summed E-state index contributed by atoms with van der Waals surface area (Å²) in [7, 11) is 1.64. The first-order valence-corrected chi connectivity index (χ1v) is 9.42. The van der Waals surface area contributed by atoms with E-state index in [0.29, 0.717) is 23.7 Å². The number of ether oxygens (including phenoxy) is 1. The van der Waals surface area contributed by atoms with Crippen LogP contribution < -0.4 is 10.6 Å². The molecule has 0 aliphatic carbocycles. The minimum absolute atomic E-state index is 0.155. The fourth-order valence-corrected chi connectivity index (χ4v) is 2.76. The van der Waals surface area contributed by atoms with Crippen molar-refractivity contribution in [2.75, 3.05) is 17.2 Å². The number of hydrogen-bond donors (Lipinski definition) is 2. The minimum atomic E-state index is -0.432. The number of carbonyl (C=O) groups excluding carboxylic acids is 3. The molecular formula is C22H22N4O4. The van der Waals surface area contributed by atoms with Gasteiger partial charge in [0.05, 0.1) is 18.6 Å². The van der Waals surface area contributed by atoms with Crippen molar-refractivity contribution in [1.82, 2.24) is 9.78 Å².